The van der Waals surface area contributed by atoms with Crippen molar-refractivity contribution in [1.29, 1.82) is 0 Å². The Morgan fingerprint density at radius 3 is 2.55 bits per heavy atom. The Balaban J connectivity index is 2.22. The molecule has 0 fully saturated rings. The first kappa shape index (κ1) is 15.4. The molecular weight excluding hydrogens is 288 g/mol. The summed E-state index contributed by atoms with van der Waals surface area (Å²) in [7, 11) is 0. The van der Waals surface area contributed by atoms with Crippen LogP contribution in [0, 0.1) is 0 Å². The summed E-state index contributed by atoms with van der Waals surface area (Å²) in [5.41, 5.74) is 0.916. The maximum Gasteiger partial charge on any atom is 0.326 e. The molecule has 0 aliphatic rings. The van der Waals surface area contributed by atoms with E-state index < -0.39 is 23.9 Å². The summed E-state index contributed by atoms with van der Waals surface area (Å²) < 4.78 is 0. The molecule has 0 saturated carbocycles. The van der Waals surface area contributed by atoms with Crippen LogP contribution >= 0.6 is 0 Å². The third kappa shape index (κ3) is 3.57. The molecule has 1 atom stereocenters. The first-order valence-corrected chi connectivity index (χ1v) is 6.58. The van der Waals surface area contributed by atoms with E-state index in [1.165, 1.54) is 12.3 Å². The minimum absolute atomic E-state index is 0.181. The summed E-state index contributed by atoms with van der Waals surface area (Å²) >= 11 is 0. The highest BCUT2D eigenvalue weighted by atomic mass is 16.4. The second-order valence-corrected chi connectivity index (χ2v) is 4.67. The quantitative estimate of drug-likeness (QED) is 0.740. The molecule has 1 aromatic carbocycles. The molecule has 0 unspecified atom stereocenters. The number of nitrogens with zero attached hydrogens (tertiary/aromatic N) is 1. The lowest BCUT2D eigenvalue weighted by Crippen LogP contribution is -2.41. The molecule has 0 bridgehead atoms. The Morgan fingerprint density at radius 1 is 1.14 bits per heavy atom. The second kappa shape index (κ2) is 6.66. The van der Waals surface area contributed by atoms with Crippen LogP contribution < -0.4 is 5.32 Å². The Kier molecular flexibility index (Phi) is 4.67. The van der Waals surface area contributed by atoms with Gasteiger partial charge >= 0.3 is 11.9 Å². The zero-order valence-electron chi connectivity index (χ0n) is 11.5. The van der Waals surface area contributed by atoms with Crippen molar-refractivity contribution < 1.29 is 24.6 Å². The molecule has 0 spiro atoms. The summed E-state index contributed by atoms with van der Waals surface area (Å²) in [6, 6.07) is 7.23. The Hall–Kier alpha value is -2.96. The predicted octanol–water partition coefficient (Wildman–Crippen LogP) is 1.28. The standard InChI is InChI=1S/C15H14N2O5/c18-13(19)6-5-12(15(21)22)17-14(20)10-7-8-16-11-4-2-1-3-9(10)11/h1-4,7-8,12H,5-6H2,(H,17,20)(H,18,19)(H,21,22)/t12-/m1/s1. The van der Waals surface area contributed by atoms with Crippen molar-refractivity contribution in [2.45, 2.75) is 18.9 Å². The lowest BCUT2D eigenvalue weighted by atomic mass is 10.1. The number of amides is 1. The molecule has 2 rings (SSSR count). The average molecular weight is 302 g/mol. The fourth-order valence-corrected chi connectivity index (χ4v) is 2.06. The van der Waals surface area contributed by atoms with Gasteiger partial charge in [0.2, 0.25) is 0 Å². The summed E-state index contributed by atoms with van der Waals surface area (Å²) in [6.45, 7) is 0. The highest BCUT2D eigenvalue weighted by molar-refractivity contribution is 6.06. The maximum absolute atomic E-state index is 12.3. The Bertz CT molecular complexity index is 723. The van der Waals surface area contributed by atoms with Gasteiger partial charge in [-0.15, -0.1) is 0 Å². The number of carboxylic acids is 2. The molecule has 1 aromatic heterocycles. The predicted molar refractivity (Wildman–Crippen MR) is 77.5 cm³/mol. The molecule has 7 nitrogen and oxygen atoms in total. The molecule has 0 radical (unpaired) electrons. The molecule has 0 aliphatic heterocycles. The fraction of sp³-hybridized carbons (Fsp3) is 0.200. The van der Waals surface area contributed by atoms with Crippen LogP contribution in [0.25, 0.3) is 10.9 Å². The van der Waals surface area contributed by atoms with Crippen molar-refractivity contribution in [3.8, 4) is 0 Å². The van der Waals surface area contributed by atoms with Crippen molar-refractivity contribution in [2.75, 3.05) is 0 Å². The van der Waals surface area contributed by atoms with Gasteiger partial charge in [0.25, 0.3) is 5.91 Å². The van der Waals surface area contributed by atoms with Crippen molar-refractivity contribution in [1.82, 2.24) is 10.3 Å². The molecule has 1 heterocycles. The number of pyridine rings is 1. The van der Waals surface area contributed by atoms with Crippen LogP contribution in [0.1, 0.15) is 23.2 Å². The van der Waals surface area contributed by atoms with Crippen LogP contribution in [0.5, 0.6) is 0 Å². The number of carboxylic acid groups (broad SMARTS) is 2. The van der Waals surface area contributed by atoms with Crippen LogP contribution in [0.4, 0.5) is 0 Å². The number of aromatic nitrogens is 1. The number of nitrogens with one attached hydrogen (secondary N) is 1. The van der Waals surface area contributed by atoms with Gasteiger partial charge in [-0.2, -0.15) is 0 Å². The summed E-state index contributed by atoms with van der Waals surface area (Å²) in [6.07, 6.45) is 0.942. The van der Waals surface area contributed by atoms with Crippen LogP contribution in [0.15, 0.2) is 36.5 Å². The minimum Gasteiger partial charge on any atom is -0.481 e. The van der Waals surface area contributed by atoms with Crippen LogP contribution in [-0.2, 0) is 9.59 Å². The highest BCUT2D eigenvalue weighted by Gasteiger charge is 2.22. The van der Waals surface area contributed by atoms with Crippen LogP contribution in [-0.4, -0.2) is 39.1 Å². The van der Waals surface area contributed by atoms with Crippen molar-refractivity contribution in [3.05, 3.63) is 42.1 Å². The van der Waals surface area contributed by atoms with Gasteiger partial charge in [-0.05, 0) is 18.6 Å². The van der Waals surface area contributed by atoms with Crippen molar-refractivity contribution in [2.24, 2.45) is 0 Å². The number of benzene rings is 1. The molecule has 114 valence electrons. The zero-order chi connectivity index (χ0) is 16.1. The van der Waals surface area contributed by atoms with Gasteiger partial charge < -0.3 is 15.5 Å². The molecule has 7 heteroatoms. The van der Waals surface area contributed by atoms with E-state index in [9.17, 15) is 14.4 Å². The van der Waals surface area contributed by atoms with E-state index in [1.54, 1.807) is 24.3 Å². The lowest BCUT2D eigenvalue weighted by molar-refractivity contribution is -0.140. The monoisotopic (exact) mass is 302 g/mol. The van der Waals surface area contributed by atoms with Crippen molar-refractivity contribution >= 4 is 28.7 Å². The topological polar surface area (TPSA) is 117 Å². The van der Waals surface area contributed by atoms with Gasteiger partial charge in [0.15, 0.2) is 0 Å². The molecule has 0 aliphatic carbocycles. The molecule has 22 heavy (non-hydrogen) atoms. The second-order valence-electron chi connectivity index (χ2n) is 4.67. The minimum atomic E-state index is -1.27. The Labute approximate surface area is 125 Å². The summed E-state index contributed by atoms with van der Waals surface area (Å²) in [5.74, 6) is -2.96. The molecular formula is C15H14N2O5. The van der Waals surface area contributed by atoms with Crippen molar-refractivity contribution in [3.63, 3.8) is 0 Å². The number of para-hydroxylation sites is 1. The average Bonchev–Trinajstić information content (AvgIpc) is 2.50. The van der Waals surface area contributed by atoms with E-state index in [-0.39, 0.29) is 12.8 Å². The number of aliphatic carboxylic acids is 2. The number of carbonyl (C=O) groups excluding carboxylic acids is 1. The van der Waals surface area contributed by atoms with E-state index >= 15 is 0 Å². The Morgan fingerprint density at radius 2 is 1.86 bits per heavy atom. The number of rotatable bonds is 6. The number of fused-ring (bicyclic) bond motifs is 1. The van der Waals surface area contributed by atoms with E-state index in [4.69, 9.17) is 10.2 Å². The molecule has 2 aromatic rings. The molecule has 0 saturated heterocycles. The van der Waals surface area contributed by atoms with Gasteiger partial charge in [-0.1, -0.05) is 18.2 Å². The fourth-order valence-electron chi connectivity index (χ4n) is 2.06. The molecule has 3 N–H and O–H groups in total. The van der Waals surface area contributed by atoms with Crippen LogP contribution in [0.3, 0.4) is 0 Å². The van der Waals surface area contributed by atoms with E-state index in [1.807, 2.05) is 0 Å². The van der Waals surface area contributed by atoms with Gasteiger partial charge in [0, 0.05) is 18.0 Å². The smallest absolute Gasteiger partial charge is 0.326 e. The largest absolute Gasteiger partial charge is 0.481 e. The number of carbonyl (C=O) groups is 3. The van der Waals surface area contributed by atoms with Gasteiger partial charge in [-0.3, -0.25) is 14.6 Å². The maximum atomic E-state index is 12.3. The van der Waals surface area contributed by atoms with Gasteiger partial charge in [0.05, 0.1) is 11.1 Å². The van der Waals surface area contributed by atoms with Gasteiger partial charge in [-0.25, -0.2) is 4.79 Å². The lowest BCUT2D eigenvalue weighted by Gasteiger charge is -2.14. The number of hydrogen-bond donors (Lipinski definition) is 3. The first-order chi connectivity index (χ1) is 10.5. The van der Waals surface area contributed by atoms with E-state index in [2.05, 4.69) is 10.3 Å². The third-order valence-corrected chi connectivity index (χ3v) is 3.14. The molecule has 1 amide bonds. The normalized spacial score (nSPS) is 11.8. The summed E-state index contributed by atoms with van der Waals surface area (Å²) in [5, 5.41) is 20.7. The zero-order valence-corrected chi connectivity index (χ0v) is 11.5. The van der Waals surface area contributed by atoms with Gasteiger partial charge in [0.1, 0.15) is 6.04 Å². The first-order valence-electron chi connectivity index (χ1n) is 6.58. The number of hydrogen-bond acceptors (Lipinski definition) is 4. The van der Waals surface area contributed by atoms with E-state index in [0.29, 0.717) is 16.5 Å². The van der Waals surface area contributed by atoms with E-state index in [0.717, 1.165) is 0 Å². The van der Waals surface area contributed by atoms with Crippen LogP contribution in [0.2, 0.25) is 0 Å². The highest BCUT2D eigenvalue weighted by Crippen LogP contribution is 2.16. The summed E-state index contributed by atoms with van der Waals surface area (Å²) in [4.78, 5) is 38.1. The third-order valence-electron chi connectivity index (χ3n) is 3.14. The SMILES string of the molecule is O=C(O)CC[C@@H](NC(=O)c1ccnc2ccccc12)C(=O)O.